The van der Waals surface area contributed by atoms with Crippen LogP contribution in [0.4, 0.5) is 0 Å². The monoisotopic (exact) mass is 211 g/mol. The Balaban J connectivity index is 2.43. The molecule has 0 spiro atoms. The van der Waals surface area contributed by atoms with Gasteiger partial charge in [-0.2, -0.15) is 0 Å². The zero-order valence-electron chi connectivity index (χ0n) is 11.3. The molecule has 0 radical (unpaired) electrons. The van der Waals surface area contributed by atoms with E-state index in [1.54, 1.807) is 0 Å². The van der Waals surface area contributed by atoms with Gasteiger partial charge in [0.05, 0.1) is 0 Å². The molecule has 0 aromatic heterocycles. The van der Waals surface area contributed by atoms with Crippen LogP contribution in [-0.4, -0.2) is 12.6 Å². The molecule has 2 atom stereocenters. The summed E-state index contributed by atoms with van der Waals surface area (Å²) in [5.41, 5.74) is 0.484. The van der Waals surface area contributed by atoms with Gasteiger partial charge in [0, 0.05) is 12.6 Å². The second-order valence-corrected chi connectivity index (χ2v) is 6.18. The highest BCUT2D eigenvalue weighted by Gasteiger charge is 2.32. The van der Waals surface area contributed by atoms with Crippen molar-refractivity contribution in [2.75, 3.05) is 6.54 Å². The molecule has 0 bridgehead atoms. The summed E-state index contributed by atoms with van der Waals surface area (Å²) in [6.07, 6.45) is 5.47. The van der Waals surface area contributed by atoms with Crippen molar-refractivity contribution in [2.45, 2.75) is 66.3 Å². The van der Waals surface area contributed by atoms with Crippen molar-refractivity contribution >= 4 is 0 Å². The van der Waals surface area contributed by atoms with Crippen LogP contribution >= 0.6 is 0 Å². The van der Waals surface area contributed by atoms with Crippen molar-refractivity contribution in [2.24, 2.45) is 17.3 Å². The lowest BCUT2D eigenvalue weighted by molar-refractivity contribution is 0.159. The molecule has 1 rings (SSSR count). The van der Waals surface area contributed by atoms with E-state index < -0.39 is 0 Å². The third-order valence-corrected chi connectivity index (χ3v) is 4.28. The summed E-state index contributed by atoms with van der Waals surface area (Å²) < 4.78 is 0. The highest BCUT2D eigenvalue weighted by molar-refractivity contribution is 4.87. The summed E-state index contributed by atoms with van der Waals surface area (Å²) in [5, 5.41) is 3.71. The molecule has 90 valence electrons. The van der Waals surface area contributed by atoms with Crippen molar-refractivity contribution in [3.63, 3.8) is 0 Å². The van der Waals surface area contributed by atoms with Crippen molar-refractivity contribution < 1.29 is 0 Å². The third-order valence-electron chi connectivity index (χ3n) is 4.28. The van der Waals surface area contributed by atoms with E-state index in [2.05, 4.69) is 39.9 Å². The van der Waals surface area contributed by atoms with Gasteiger partial charge >= 0.3 is 0 Å². The quantitative estimate of drug-likeness (QED) is 0.674. The van der Waals surface area contributed by atoms with Gasteiger partial charge in [0.25, 0.3) is 0 Å². The third kappa shape index (κ3) is 4.14. The van der Waals surface area contributed by atoms with E-state index >= 15 is 0 Å². The van der Waals surface area contributed by atoms with Crippen LogP contribution in [0.3, 0.4) is 0 Å². The zero-order chi connectivity index (χ0) is 11.5. The molecule has 1 aliphatic rings. The van der Waals surface area contributed by atoms with Crippen LogP contribution in [0.1, 0.15) is 60.3 Å². The standard InChI is InChI=1S/C14H29N/c1-6-12(4)9-14(5,11(2)3)10-15-13-7-8-13/h11-13,15H,6-10H2,1-5H3. The van der Waals surface area contributed by atoms with Crippen LogP contribution in [0.5, 0.6) is 0 Å². The van der Waals surface area contributed by atoms with Crippen LogP contribution in [-0.2, 0) is 0 Å². The van der Waals surface area contributed by atoms with Gasteiger partial charge < -0.3 is 5.32 Å². The highest BCUT2D eigenvalue weighted by atomic mass is 15.0. The van der Waals surface area contributed by atoms with E-state index in [-0.39, 0.29) is 0 Å². The van der Waals surface area contributed by atoms with Crippen LogP contribution in [0, 0.1) is 17.3 Å². The molecule has 15 heavy (non-hydrogen) atoms. The lowest BCUT2D eigenvalue weighted by Gasteiger charge is -2.36. The van der Waals surface area contributed by atoms with Crippen molar-refractivity contribution in [1.29, 1.82) is 0 Å². The molecule has 1 saturated carbocycles. The lowest BCUT2D eigenvalue weighted by atomic mass is 9.72. The summed E-state index contributed by atoms with van der Waals surface area (Å²) in [6.45, 7) is 13.1. The van der Waals surface area contributed by atoms with Gasteiger partial charge in [-0.25, -0.2) is 0 Å². The maximum atomic E-state index is 3.71. The molecule has 1 N–H and O–H groups in total. The van der Waals surface area contributed by atoms with Gasteiger partial charge in [-0.3, -0.25) is 0 Å². The summed E-state index contributed by atoms with van der Waals surface area (Å²) in [7, 11) is 0. The van der Waals surface area contributed by atoms with Crippen molar-refractivity contribution in [3.05, 3.63) is 0 Å². The zero-order valence-corrected chi connectivity index (χ0v) is 11.3. The number of nitrogens with one attached hydrogen (secondary N) is 1. The smallest absolute Gasteiger partial charge is 0.00684 e. The first-order valence-electron chi connectivity index (χ1n) is 6.71. The first-order valence-corrected chi connectivity index (χ1v) is 6.71. The van der Waals surface area contributed by atoms with Crippen LogP contribution in [0.15, 0.2) is 0 Å². The Morgan fingerprint density at radius 1 is 1.27 bits per heavy atom. The molecule has 0 amide bonds. The van der Waals surface area contributed by atoms with Gasteiger partial charge in [0.2, 0.25) is 0 Å². The van der Waals surface area contributed by atoms with Crippen LogP contribution in [0.2, 0.25) is 0 Å². The Hall–Kier alpha value is -0.0400. The fourth-order valence-electron chi connectivity index (χ4n) is 2.12. The molecule has 2 unspecified atom stereocenters. The van der Waals surface area contributed by atoms with Crippen molar-refractivity contribution in [3.8, 4) is 0 Å². The number of hydrogen-bond acceptors (Lipinski definition) is 1. The fraction of sp³-hybridized carbons (Fsp3) is 1.00. The first-order chi connectivity index (χ1) is 6.98. The summed E-state index contributed by atoms with van der Waals surface area (Å²) in [6, 6.07) is 0.847. The normalized spacial score (nSPS) is 22.8. The minimum absolute atomic E-state index is 0.484. The minimum atomic E-state index is 0.484. The molecular weight excluding hydrogens is 182 g/mol. The molecule has 0 saturated heterocycles. The minimum Gasteiger partial charge on any atom is -0.313 e. The molecule has 0 aromatic rings. The van der Waals surface area contributed by atoms with Crippen molar-refractivity contribution in [1.82, 2.24) is 5.32 Å². The Bertz CT molecular complexity index is 184. The summed E-state index contributed by atoms with van der Waals surface area (Å²) >= 11 is 0. The highest BCUT2D eigenvalue weighted by Crippen LogP contribution is 2.35. The summed E-state index contributed by atoms with van der Waals surface area (Å²) in [5.74, 6) is 1.64. The van der Waals surface area contributed by atoms with Gasteiger partial charge in [-0.1, -0.05) is 41.0 Å². The first kappa shape index (κ1) is 13.0. The van der Waals surface area contributed by atoms with E-state index in [4.69, 9.17) is 0 Å². The Morgan fingerprint density at radius 2 is 1.87 bits per heavy atom. The van der Waals surface area contributed by atoms with Gasteiger partial charge in [-0.15, -0.1) is 0 Å². The number of hydrogen-bond donors (Lipinski definition) is 1. The maximum absolute atomic E-state index is 3.71. The molecule has 1 aliphatic carbocycles. The molecule has 0 aliphatic heterocycles. The Morgan fingerprint density at radius 3 is 2.27 bits per heavy atom. The average molecular weight is 211 g/mol. The number of rotatable bonds is 7. The average Bonchev–Trinajstić information content (AvgIpc) is 2.97. The Kier molecular flexibility index (Phi) is 4.64. The SMILES string of the molecule is CCC(C)CC(C)(CNC1CC1)C(C)C. The second-order valence-electron chi connectivity index (χ2n) is 6.18. The van der Waals surface area contributed by atoms with E-state index in [0.29, 0.717) is 5.41 Å². The fourth-order valence-corrected chi connectivity index (χ4v) is 2.12. The van der Waals surface area contributed by atoms with Gasteiger partial charge in [0.15, 0.2) is 0 Å². The molecule has 1 nitrogen and oxygen atoms in total. The predicted molar refractivity (Wildman–Crippen MR) is 68.0 cm³/mol. The molecule has 1 fully saturated rings. The van der Waals surface area contributed by atoms with Crippen LogP contribution < -0.4 is 5.32 Å². The molecular formula is C14H29N. The van der Waals surface area contributed by atoms with E-state index in [1.807, 2.05) is 0 Å². The topological polar surface area (TPSA) is 12.0 Å². The van der Waals surface area contributed by atoms with E-state index in [1.165, 1.54) is 32.2 Å². The largest absolute Gasteiger partial charge is 0.313 e. The van der Waals surface area contributed by atoms with Gasteiger partial charge in [-0.05, 0) is 36.5 Å². The van der Waals surface area contributed by atoms with E-state index in [9.17, 15) is 0 Å². The predicted octanol–water partition coefficient (Wildman–Crippen LogP) is 3.84. The Labute approximate surface area is 96.0 Å². The van der Waals surface area contributed by atoms with Crippen LogP contribution in [0.25, 0.3) is 0 Å². The second kappa shape index (κ2) is 5.34. The van der Waals surface area contributed by atoms with E-state index in [0.717, 1.165) is 17.9 Å². The maximum Gasteiger partial charge on any atom is 0.00684 e. The molecule has 0 heterocycles. The lowest BCUT2D eigenvalue weighted by Crippen LogP contribution is -2.38. The molecule has 1 heteroatoms. The summed E-state index contributed by atoms with van der Waals surface area (Å²) in [4.78, 5) is 0. The molecule has 0 aromatic carbocycles. The van der Waals surface area contributed by atoms with Gasteiger partial charge in [0.1, 0.15) is 0 Å².